The minimum atomic E-state index is -0.689. The Kier molecular flexibility index (Phi) is 5.20. The summed E-state index contributed by atoms with van der Waals surface area (Å²) in [5.41, 5.74) is -0.140. The molecule has 5 heteroatoms. The molecule has 1 atom stereocenters. The Morgan fingerprint density at radius 1 is 1.24 bits per heavy atom. The van der Waals surface area contributed by atoms with E-state index in [0.717, 1.165) is 0 Å². The molecule has 118 valence electrons. The van der Waals surface area contributed by atoms with Gasteiger partial charge >= 0.3 is 5.97 Å². The van der Waals surface area contributed by atoms with E-state index in [1.54, 1.807) is 40.7 Å². The molecule has 1 amide bonds. The fraction of sp³-hybridized carbons (Fsp3) is 0.625. The first-order chi connectivity index (χ1) is 9.51. The second-order valence-corrected chi connectivity index (χ2v) is 6.56. The van der Waals surface area contributed by atoms with Crippen molar-refractivity contribution in [3.8, 4) is 0 Å². The van der Waals surface area contributed by atoms with E-state index in [1.165, 1.54) is 0 Å². The van der Waals surface area contributed by atoms with Crippen molar-refractivity contribution in [2.45, 2.75) is 60.1 Å². The maximum atomic E-state index is 12.3. The van der Waals surface area contributed by atoms with Crippen molar-refractivity contribution in [3.63, 3.8) is 0 Å². The Morgan fingerprint density at radius 3 is 2.19 bits per heavy atom. The first-order valence-corrected chi connectivity index (χ1v) is 7.12. The lowest BCUT2D eigenvalue weighted by Gasteiger charge is -2.26. The van der Waals surface area contributed by atoms with E-state index >= 15 is 0 Å². The first-order valence-electron chi connectivity index (χ1n) is 7.12. The fourth-order valence-corrected chi connectivity index (χ4v) is 1.94. The van der Waals surface area contributed by atoms with Crippen molar-refractivity contribution in [2.75, 3.05) is 0 Å². The molecule has 0 aromatic carbocycles. The Hall–Kier alpha value is -1.78. The predicted octanol–water partition coefficient (Wildman–Crippen LogP) is 2.99. The molecule has 0 spiro atoms. The monoisotopic (exact) mass is 295 g/mol. The summed E-state index contributed by atoms with van der Waals surface area (Å²) in [6.45, 7) is 12.6. The number of furan rings is 1. The third-order valence-corrected chi connectivity index (χ3v) is 2.90. The second-order valence-electron chi connectivity index (χ2n) is 6.56. The molecule has 0 radical (unpaired) electrons. The highest BCUT2D eigenvalue weighted by Crippen LogP contribution is 2.16. The van der Waals surface area contributed by atoms with E-state index in [-0.39, 0.29) is 11.8 Å². The van der Waals surface area contributed by atoms with Crippen LogP contribution < -0.4 is 5.32 Å². The molecule has 5 nitrogen and oxygen atoms in total. The van der Waals surface area contributed by atoms with Crippen LogP contribution in [-0.2, 0) is 9.53 Å². The van der Waals surface area contributed by atoms with Crippen molar-refractivity contribution in [2.24, 2.45) is 5.92 Å². The number of hydrogen-bond acceptors (Lipinski definition) is 4. The van der Waals surface area contributed by atoms with Gasteiger partial charge in [0.15, 0.2) is 0 Å². The predicted molar refractivity (Wildman–Crippen MR) is 80.1 cm³/mol. The van der Waals surface area contributed by atoms with Crippen molar-refractivity contribution in [3.05, 3.63) is 23.2 Å². The Bertz CT molecular complexity index is 523. The highest BCUT2D eigenvalue weighted by molar-refractivity contribution is 5.97. The molecule has 0 bridgehead atoms. The van der Waals surface area contributed by atoms with E-state index in [4.69, 9.17) is 9.15 Å². The van der Waals surface area contributed by atoms with Crippen LogP contribution >= 0.6 is 0 Å². The van der Waals surface area contributed by atoms with Crippen LogP contribution in [-0.4, -0.2) is 23.5 Å². The van der Waals surface area contributed by atoms with Gasteiger partial charge in [-0.15, -0.1) is 0 Å². The molecule has 1 heterocycles. The van der Waals surface area contributed by atoms with Gasteiger partial charge < -0.3 is 14.5 Å². The van der Waals surface area contributed by atoms with Gasteiger partial charge in [0, 0.05) is 0 Å². The molecular weight excluding hydrogens is 270 g/mol. The number of ether oxygens (including phenoxy) is 1. The molecule has 0 fully saturated rings. The maximum Gasteiger partial charge on any atom is 0.329 e. The molecule has 1 aromatic heterocycles. The largest absolute Gasteiger partial charge is 0.466 e. The molecule has 0 aliphatic heterocycles. The van der Waals surface area contributed by atoms with Crippen LogP contribution in [0, 0.1) is 19.8 Å². The van der Waals surface area contributed by atoms with Gasteiger partial charge in [0.2, 0.25) is 0 Å². The third kappa shape index (κ3) is 4.92. The zero-order valence-corrected chi connectivity index (χ0v) is 13.9. The van der Waals surface area contributed by atoms with Crippen molar-refractivity contribution in [1.82, 2.24) is 5.32 Å². The normalized spacial score (nSPS) is 13.1. The quantitative estimate of drug-likeness (QED) is 0.867. The molecule has 0 saturated carbocycles. The summed E-state index contributed by atoms with van der Waals surface area (Å²) in [5, 5.41) is 2.74. The topological polar surface area (TPSA) is 68.5 Å². The molecule has 1 rings (SSSR count). The highest BCUT2D eigenvalue weighted by Gasteiger charge is 2.30. The third-order valence-electron chi connectivity index (χ3n) is 2.90. The standard InChI is InChI=1S/C16H25NO4/c1-9(2)13(15(19)21-16(5,6)7)17-14(18)12-8-10(3)20-11(12)4/h8-9,13H,1-7H3,(H,17,18)/t13-/m0/s1. The number of esters is 1. The van der Waals surface area contributed by atoms with Gasteiger partial charge in [-0.1, -0.05) is 13.8 Å². The lowest BCUT2D eigenvalue weighted by molar-refractivity contribution is -0.158. The van der Waals surface area contributed by atoms with Crippen molar-refractivity contribution < 1.29 is 18.7 Å². The molecule has 0 aliphatic rings. The first kappa shape index (κ1) is 17.3. The smallest absolute Gasteiger partial charge is 0.329 e. The van der Waals surface area contributed by atoms with Crippen LogP contribution in [0.5, 0.6) is 0 Å². The fourth-order valence-electron chi connectivity index (χ4n) is 1.94. The molecule has 1 N–H and O–H groups in total. The van der Waals surface area contributed by atoms with Crippen molar-refractivity contribution in [1.29, 1.82) is 0 Å². The van der Waals surface area contributed by atoms with Gasteiger partial charge in [-0.25, -0.2) is 4.79 Å². The van der Waals surface area contributed by atoms with E-state index in [1.807, 2.05) is 13.8 Å². The number of carbonyl (C=O) groups excluding carboxylic acids is 2. The lowest BCUT2D eigenvalue weighted by atomic mass is 10.0. The van der Waals surface area contributed by atoms with Crippen LogP contribution in [0.25, 0.3) is 0 Å². The van der Waals surface area contributed by atoms with Crippen LogP contribution in [0.2, 0.25) is 0 Å². The Morgan fingerprint density at radius 2 is 1.81 bits per heavy atom. The number of carbonyl (C=O) groups is 2. The average molecular weight is 295 g/mol. The highest BCUT2D eigenvalue weighted by atomic mass is 16.6. The SMILES string of the molecule is Cc1cc(C(=O)N[C@H](C(=O)OC(C)(C)C)C(C)C)c(C)o1. The van der Waals surface area contributed by atoms with Gasteiger partial charge in [0.25, 0.3) is 5.91 Å². The van der Waals surface area contributed by atoms with Crippen LogP contribution in [0.4, 0.5) is 0 Å². The van der Waals surface area contributed by atoms with E-state index < -0.39 is 17.6 Å². The van der Waals surface area contributed by atoms with Crippen LogP contribution in [0.15, 0.2) is 10.5 Å². The van der Waals surface area contributed by atoms with Gasteiger partial charge in [0.1, 0.15) is 23.2 Å². The van der Waals surface area contributed by atoms with Gasteiger partial charge in [0.05, 0.1) is 5.56 Å². The van der Waals surface area contributed by atoms with Crippen LogP contribution in [0.1, 0.15) is 56.5 Å². The Balaban J connectivity index is 2.86. The van der Waals surface area contributed by atoms with E-state index in [9.17, 15) is 9.59 Å². The molecule has 21 heavy (non-hydrogen) atoms. The van der Waals surface area contributed by atoms with Crippen molar-refractivity contribution >= 4 is 11.9 Å². The molecule has 1 aromatic rings. The molecule has 0 unspecified atom stereocenters. The second kappa shape index (κ2) is 6.33. The zero-order valence-electron chi connectivity index (χ0n) is 13.9. The summed E-state index contributed by atoms with van der Waals surface area (Å²) in [4.78, 5) is 24.5. The van der Waals surface area contributed by atoms with Crippen LogP contribution in [0.3, 0.4) is 0 Å². The molecule has 0 aliphatic carbocycles. The molecule has 0 saturated heterocycles. The van der Waals surface area contributed by atoms with E-state index in [2.05, 4.69) is 5.32 Å². The van der Waals surface area contributed by atoms with E-state index in [0.29, 0.717) is 17.1 Å². The zero-order chi connectivity index (χ0) is 16.4. The number of aryl methyl sites for hydroxylation is 2. The summed E-state index contributed by atoms with van der Waals surface area (Å²) in [6.07, 6.45) is 0. The Labute approximate surface area is 126 Å². The summed E-state index contributed by atoms with van der Waals surface area (Å²) >= 11 is 0. The van der Waals surface area contributed by atoms with Gasteiger partial charge in [-0.2, -0.15) is 0 Å². The summed E-state index contributed by atoms with van der Waals surface area (Å²) in [5.74, 6) is 0.377. The number of hydrogen-bond donors (Lipinski definition) is 1. The maximum absolute atomic E-state index is 12.3. The lowest BCUT2D eigenvalue weighted by Crippen LogP contribution is -2.47. The minimum absolute atomic E-state index is 0.0721. The minimum Gasteiger partial charge on any atom is -0.466 e. The summed E-state index contributed by atoms with van der Waals surface area (Å²) < 4.78 is 10.7. The molecular formula is C16H25NO4. The van der Waals surface area contributed by atoms with Gasteiger partial charge in [-0.3, -0.25) is 4.79 Å². The number of rotatable bonds is 4. The number of nitrogens with one attached hydrogen (secondary N) is 1. The number of amides is 1. The summed E-state index contributed by atoms with van der Waals surface area (Å²) in [7, 11) is 0. The van der Waals surface area contributed by atoms with Gasteiger partial charge in [-0.05, 0) is 46.6 Å². The summed E-state index contributed by atoms with van der Waals surface area (Å²) in [6, 6.07) is 0.975. The average Bonchev–Trinajstić information content (AvgIpc) is 2.62.